The molecule has 0 aliphatic carbocycles. The van der Waals surface area contributed by atoms with Crippen LogP contribution in [0.1, 0.15) is 23.1 Å². The summed E-state index contributed by atoms with van der Waals surface area (Å²) in [4.78, 5) is 0.184. The first-order valence-corrected chi connectivity index (χ1v) is 10.3. The second-order valence-electron chi connectivity index (χ2n) is 6.93. The van der Waals surface area contributed by atoms with E-state index in [1.54, 1.807) is 6.07 Å². The smallest absolute Gasteiger partial charge is 0.442 e. The number of aromatic nitrogens is 2. The number of alkyl halides is 6. The third kappa shape index (κ3) is 6.87. The number of rotatable bonds is 7. The van der Waals surface area contributed by atoms with Gasteiger partial charge in [0.2, 0.25) is 12.2 Å². The molecule has 1 atom stereocenters. The molecule has 33 heavy (non-hydrogen) atoms. The van der Waals surface area contributed by atoms with Gasteiger partial charge in [0.15, 0.2) is 0 Å². The van der Waals surface area contributed by atoms with Crippen molar-refractivity contribution in [2.24, 2.45) is 0 Å². The topological polar surface area (TPSA) is 36.3 Å². The summed E-state index contributed by atoms with van der Waals surface area (Å²) in [5, 5.41) is 3.99. The van der Waals surface area contributed by atoms with Gasteiger partial charge in [0, 0.05) is 22.2 Å². The predicted molar refractivity (Wildman–Crippen MR) is 107 cm³/mol. The maximum atomic E-state index is 14.6. The molecule has 12 heteroatoms. The van der Waals surface area contributed by atoms with E-state index in [4.69, 9.17) is 4.74 Å². The van der Waals surface area contributed by atoms with E-state index in [1.165, 1.54) is 50.2 Å². The van der Waals surface area contributed by atoms with Crippen molar-refractivity contribution in [1.29, 1.82) is 0 Å². The van der Waals surface area contributed by atoms with Crippen molar-refractivity contribution in [3.05, 3.63) is 71.2 Å². The summed E-state index contributed by atoms with van der Waals surface area (Å²) in [6.07, 6.45) is -11.3. The van der Waals surface area contributed by atoms with Crippen LogP contribution < -0.4 is 4.74 Å². The fourth-order valence-electron chi connectivity index (χ4n) is 2.87. The zero-order chi connectivity index (χ0) is 24.4. The van der Waals surface area contributed by atoms with Crippen molar-refractivity contribution in [2.75, 3.05) is 5.75 Å². The molecular weight excluding hydrogens is 477 g/mol. The van der Waals surface area contributed by atoms with Crippen LogP contribution in [0.2, 0.25) is 0 Å². The van der Waals surface area contributed by atoms with Crippen molar-refractivity contribution in [3.8, 4) is 11.6 Å². The highest BCUT2D eigenvalue weighted by Gasteiger charge is 2.36. The van der Waals surface area contributed by atoms with Gasteiger partial charge in [-0.1, -0.05) is 30.3 Å². The largest absolute Gasteiger partial charge is 0.525 e. The van der Waals surface area contributed by atoms with Gasteiger partial charge in [-0.2, -0.15) is 13.2 Å². The lowest BCUT2D eigenvalue weighted by molar-refractivity contribution is -0.370. The van der Waals surface area contributed by atoms with Gasteiger partial charge in [-0.3, -0.25) is 0 Å². The Kier molecular flexibility index (Phi) is 7.27. The van der Waals surface area contributed by atoms with Gasteiger partial charge in [0.1, 0.15) is 11.5 Å². The van der Waals surface area contributed by atoms with E-state index in [1.807, 2.05) is 0 Å². The van der Waals surface area contributed by atoms with E-state index in [-0.39, 0.29) is 27.7 Å². The quantitative estimate of drug-likeness (QED) is 0.204. The van der Waals surface area contributed by atoms with E-state index in [0.29, 0.717) is 17.3 Å². The van der Waals surface area contributed by atoms with Gasteiger partial charge in [-0.25, -0.2) is 13.8 Å². The highest BCUT2D eigenvalue weighted by atomic mass is 32.2. The first-order valence-electron chi connectivity index (χ1n) is 9.35. The molecule has 1 aromatic heterocycles. The Balaban J connectivity index is 1.92. The minimum Gasteiger partial charge on any atom is -0.442 e. The number of nitrogens with zero attached hydrogens (tertiary/aromatic N) is 2. The SMILES string of the molecule is Cc1cc(F)c(-n2nc(OC(OC(F)(F)F)c3ccccc3)cc2C)cc1SCC(F)(F)F. The molecule has 4 nitrogen and oxygen atoms in total. The van der Waals surface area contributed by atoms with Gasteiger partial charge in [-0.05, 0) is 31.5 Å². The molecule has 3 rings (SSSR count). The Morgan fingerprint density at radius 2 is 1.67 bits per heavy atom. The Hall–Kier alpha value is -2.73. The summed E-state index contributed by atoms with van der Waals surface area (Å²) in [6, 6.07) is 10.8. The second-order valence-corrected chi connectivity index (χ2v) is 7.95. The predicted octanol–water partition coefficient (Wildman–Crippen LogP) is 6.90. The average molecular weight is 494 g/mol. The highest BCUT2D eigenvalue weighted by Crippen LogP contribution is 2.34. The van der Waals surface area contributed by atoms with Gasteiger partial charge in [0.05, 0.1) is 5.75 Å². The minimum atomic E-state index is -5.01. The number of aryl methyl sites for hydroxylation is 2. The lowest BCUT2D eigenvalue weighted by Crippen LogP contribution is -2.22. The van der Waals surface area contributed by atoms with Gasteiger partial charge in [0.25, 0.3) is 0 Å². The zero-order valence-corrected chi connectivity index (χ0v) is 18.0. The van der Waals surface area contributed by atoms with Crippen LogP contribution >= 0.6 is 11.8 Å². The van der Waals surface area contributed by atoms with Crippen LogP contribution in [0.25, 0.3) is 5.69 Å². The fraction of sp³-hybridized carbons (Fsp3) is 0.286. The van der Waals surface area contributed by atoms with Crippen LogP contribution in [0.3, 0.4) is 0 Å². The van der Waals surface area contributed by atoms with E-state index in [9.17, 15) is 30.7 Å². The normalized spacial score (nSPS) is 13.2. The van der Waals surface area contributed by atoms with E-state index in [0.717, 1.165) is 10.7 Å². The summed E-state index contributed by atoms with van der Waals surface area (Å²) >= 11 is 0.489. The lowest BCUT2D eigenvalue weighted by atomic mass is 10.2. The van der Waals surface area contributed by atoms with Gasteiger partial charge >= 0.3 is 12.5 Å². The number of ether oxygens (including phenoxy) is 2. The zero-order valence-electron chi connectivity index (χ0n) is 17.2. The molecule has 0 aliphatic heterocycles. The number of benzene rings is 2. The lowest BCUT2D eigenvalue weighted by Gasteiger charge is -2.19. The van der Waals surface area contributed by atoms with Crippen LogP contribution in [-0.2, 0) is 4.74 Å². The average Bonchev–Trinajstić information content (AvgIpc) is 3.05. The molecule has 0 aliphatic rings. The number of halogens is 7. The molecule has 0 N–H and O–H groups in total. The molecule has 0 amide bonds. The standard InChI is InChI=1S/C21H17F7N2O2S/c1-12-8-15(22)16(10-17(12)33-11-20(23,24)25)30-13(2)9-18(29-30)31-19(32-21(26,27)28)14-6-4-3-5-7-14/h3-10,19H,11H2,1-2H3. The monoisotopic (exact) mass is 494 g/mol. The highest BCUT2D eigenvalue weighted by molar-refractivity contribution is 7.99. The van der Waals surface area contributed by atoms with E-state index in [2.05, 4.69) is 9.84 Å². The molecule has 0 fully saturated rings. The molecule has 0 radical (unpaired) electrons. The molecule has 0 saturated carbocycles. The number of thioether (sulfide) groups is 1. The Bertz CT molecular complexity index is 1100. The summed E-state index contributed by atoms with van der Waals surface area (Å²) in [6.45, 7) is 2.96. The maximum absolute atomic E-state index is 14.6. The van der Waals surface area contributed by atoms with Crippen LogP contribution in [-0.4, -0.2) is 28.1 Å². The number of hydrogen-bond donors (Lipinski definition) is 0. The van der Waals surface area contributed by atoms with E-state index >= 15 is 0 Å². The molecule has 0 spiro atoms. The Labute approximate surface area is 188 Å². The Morgan fingerprint density at radius 3 is 2.27 bits per heavy atom. The van der Waals surface area contributed by atoms with Gasteiger partial charge < -0.3 is 4.74 Å². The maximum Gasteiger partial charge on any atom is 0.525 e. The van der Waals surface area contributed by atoms with Crippen molar-refractivity contribution in [1.82, 2.24) is 9.78 Å². The third-order valence-electron chi connectivity index (χ3n) is 4.27. The third-order valence-corrected chi connectivity index (χ3v) is 5.49. The first-order chi connectivity index (χ1) is 15.3. The van der Waals surface area contributed by atoms with Crippen molar-refractivity contribution in [2.45, 2.75) is 37.6 Å². The number of hydrogen-bond acceptors (Lipinski definition) is 4. The molecular formula is C21H17F7N2O2S. The molecule has 0 bridgehead atoms. The fourth-order valence-corrected chi connectivity index (χ4v) is 3.67. The molecule has 1 unspecified atom stereocenters. The molecule has 0 saturated heterocycles. The van der Waals surface area contributed by atoms with Crippen LogP contribution in [0, 0.1) is 19.7 Å². The molecule has 178 valence electrons. The molecule has 1 heterocycles. The van der Waals surface area contributed by atoms with Crippen molar-refractivity contribution >= 4 is 11.8 Å². The van der Waals surface area contributed by atoms with Gasteiger partial charge in [-0.15, -0.1) is 30.0 Å². The summed E-state index contributed by atoms with van der Waals surface area (Å²) < 4.78 is 101. The minimum absolute atomic E-state index is 0.0642. The summed E-state index contributed by atoms with van der Waals surface area (Å²) in [7, 11) is 0. The van der Waals surface area contributed by atoms with Crippen molar-refractivity contribution < 1.29 is 40.2 Å². The van der Waals surface area contributed by atoms with Crippen LogP contribution in [0.15, 0.2) is 53.4 Å². The van der Waals surface area contributed by atoms with Crippen LogP contribution in [0.5, 0.6) is 5.88 Å². The second kappa shape index (κ2) is 9.64. The summed E-state index contributed by atoms with van der Waals surface area (Å²) in [5.74, 6) is -2.23. The van der Waals surface area contributed by atoms with Crippen molar-refractivity contribution in [3.63, 3.8) is 0 Å². The summed E-state index contributed by atoms with van der Waals surface area (Å²) in [5.41, 5.74) is 0.466. The first kappa shape index (κ1) is 24.9. The van der Waals surface area contributed by atoms with Crippen LogP contribution in [0.4, 0.5) is 30.7 Å². The van der Waals surface area contributed by atoms with E-state index < -0.39 is 30.4 Å². The Morgan fingerprint density at radius 1 is 1.00 bits per heavy atom. The molecule has 2 aromatic carbocycles. The molecule has 3 aromatic rings.